The van der Waals surface area contributed by atoms with Crippen LogP contribution in [0.5, 0.6) is 0 Å². The van der Waals surface area contributed by atoms with E-state index in [9.17, 15) is 14.4 Å². The van der Waals surface area contributed by atoms with Crippen molar-refractivity contribution in [3.63, 3.8) is 0 Å². The highest BCUT2D eigenvalue weighted by Crippen LogP contribution is 2.21. The minimum atomic E-state index is -0.197. The Morgan fingerprint density at radius 1 is 1.17 bits per heavy atom. The van der Waals surface area contributed by atoms with Crippen LogP contribution in [0.15, 0.2) is 36.4 Å². The molecule has 1 fully saturated rings. The number of rotatable bonds is 7. The predicted molar refractivity (Wildman–Crippen MR) is 112 cm³/mol. The third-order valence-corrected chi connectivity index (χ3v) is 5.25. The number of anilines is 1. The monoisotopic (exact) mass is 412 g/mol. The molecular formula is C22H28N4O4. The Balaban J connectivity index is 1.53. The molecular weight excluding hydrogens is 384 g/mol. The molecule has 1 aliphatic heterocycles. The highest BCUT2D eigenvalue weighted by molar-refractivity contribution is 5.95. The molecule has 1 N–H and O–H groups in total. The summed E-state index contributed by atoms with van der Waals surface area (Å²) in [5, 5.41) is 7.08. The van der Waals surface area contributed by atoms with E-state index in [-0.39, 0.29) is 29.4 Å². The van der Waals surface area contributed by atoms with Crippen molar-refractivity contribution in [3.05, 3.63) is 47.7 Å². The van der Waals surface area contributed by atoms with E-state index in [1.807, 2.05) is 30.3 Å². The lowest BCUT2D eigenvalue weighted by Gasteiger charge is -2.30. The maximum absolute atomic E-state index is 12.8. The van der Waals surface area contributed by atoms with E-state index in [2.05, 4.69) is 10.4 Å². The Morgan fingerprint density at radius 2 is 1.87 bits per heavy atom. The van der Waals surface area contributed by atoms with Gasteiger partial charge >= 0.3 is 5.97 Å². The number of nitrogens with one attached hydrogen (secondary N) is 1. The van der Waals surface area contributed by atoms with Gasteiger partial charge in [-0.3, -0.25) is 19.1 Å². The lowest BCUT2D eigenvalue weighted by Crippen LogP contribution is -2.40. The second kappa shape index (κ2) is 10.0. The Morgan fingerprint density at radius 3 is 2.53 bits per heavy atom. The molecule has 0 radical (unpaired) electrons. The molecule has 1 aromatic carbocycles. The largest absolute Gasteiger partial charge is 0.466 e. The number of benzene rings is 1. The summed E-state index contributed by atoms with van der Waals surface area (Å²) in [5.41, 5.74) is 1.38. The number of piperidine rings is 1. The molecule has 8 heteroatoms. The number of aromatic nitrogens is 2. The van der Waals surface area contributed by atoms with Crippen molar-refractivity contribution in [2.75, 3.05) is 25.0 Å². The number of hydrogen-bond donors (Lipinski definition) is 1. The predicted octanol–water partition coefficient (Wildman–Crippen LogP) is 2.41. The minimum Gasteiger partial charge on any atom is -0.466 e. The fraction of sp³-hybridized carbons (Fsp3) is 0.455. The van der Waals surface area contributed by atoms with Gasteiger partial charge in [0.05, 0.1) is 12.5 Å². The molecule has 1 aromatic heterocycles. The number of hydrogen-bond acceptors (Lipinski definition) is 5. The number of amides is 2. The molecule has 0 saturated carbocycles. The highest BCUT2D eigenvalue weighted by Gasteiger charge is 2.29. The molecule has 8 nitrogen and oxygen atoms in total. The fourth-order valence-electron chi connectivity index (χ4n) is 3.54. The van der Waals surface area contributed by atoms with Gasteiger partial charge in [0.1, 0.15) is 5.82 Å². The molecule has 2 aromatic rings. The lowest BCUT2D eigenvalue weighted by molar-refractivity contribution is -0.149. The summed E-state index contributed by atoms with van der Waals surface area (Å²) in [6.45, 7) is 3.12. The molecule has 30 heavy (non-hydrogen) atoms. The first-order valence-electron chi connectivity index (χ1n) is 10.3. The maximum Gasteiger partial charge on any atom is 0.309 e. The lowest BCUT2D eigenvalue weighted by atomic mass is 9.97. The van der Waals surface area contributed by atoms with Gasteiger partial charge in [0.15, 0.2) is 5.69 Å². The molecule has 1 aliphatic rings. The van der Waals surface area contributed by atoms with Crippen LogP contribution in [0.4, 0.5) is 5.82 Å². The summed E-state index contributed by atoms with van der Waals surface area (Å²) in [6.07, 6.45) is 2.16. The molecule has 0 aliphatic carbocycles. The number of carbonyl (C=O) groups is 3. The first-order chi connectivity index (χ1) is 14.5. The standard InChI is InChI=1S/C22H28N4O4/c1-3-30-22(29)17-11-13-26(14-12-17)21(28)18-15-19(25(2)24-18)23-20(27)10-9-16-7-5-4-6-8-16/h4-8,15,17H,3,9-14H2,1-2H3,(H,23,27). The van der Waals surface area contributed by atoms with Crippen molar-refractivity contribution in [2.24, 2.45) is 13.0 Å². The summed E-state index contributed by atoms with van der Waals surface area (Å²) in [7, 11) is 1.69. The van der Waals surface area contributed by atoms with Crippen LogP contribution in [0.2, 0.25) is 0 Å². The van der Waals surface area contributed by atoms with E-state index in [4.69, 9.17) is 4.74 Å². The number of ether oxygens (including phenoxy) is 1. The van der Waals surface area contributed by atoms with Gasteiger partial charge in [0, 0.05) is 32.6 Å². The van der Waals surface area contributed by atoms with Crippen molar-refractivity contribution < 1.29 is 19.1 Å². The first-order valence-corrected chi connectivity index (χ1v) is 10.3. The van der Waals surface area contributed by atoms with Crippen molar-refractivity contribution in [3.8, 4) is 0 Å². The van der Waals surface area contributed by atoms with Crippen LogP contribution >= 0.6 is 0 Å². The molecule has 2 heterocycles. The Labute approximate surface area is 176 Å². The van der Waals surface area contributed by atoms with E-state index in [1.54, 1.807) is 24.9 Å². The smallest absolute Gasteiger partial charge is 0.309 e. The molecule has 1 saturated heterocycles. The van der Waals surface area contributed by atoms with Gasteiger partial charge in [0.2, 0.25) is 5.91 Å². The summed E-state index contributed by atoms with van der Waals surface area (Å²) in [4.78, 5) is 38.6. The van der Waals surface area contributed by atoms with E-state index in [0.29, 0.717) is 51.2 Å². The van der Waals surface area contributed by atoms with Crippen LogP contribution in [0, 0.1) is 5.92 Å². The van der Waals surface area contributed by atoms with E-state index >= 15 is 0 Å². The zero-order chi connectivity index (χ0) is 21.5. The van der Waals surface area contributed by atoms with E-state index < -0.39 is 0 Å². The van der Waals surface area contributed by atoms with Gasteiger partial charge in [-0.05, 0) is 31.7 Å². The van der Waals surface area contributed by atoms with E-state index in [0.717, 1.165) is 5.56 Å². The van der Waals surface area contributed by atoms with Gasteiger partial charge in [0.25, 0.3) is 5.91 Å². The second-order valence-electron chi connectivity index (χ2n) is 7.39. The molecule has 3 rings (SSSR count). The zero-order valence-corrected chi connectivity index (χ0v) is 17.5. The van der Waals surface area contributed by atoms with Crippen LogP contribution < -0.4 is 5.32 Å². The maximum atomic E-state index is 12.8. The Hall–Kier alpha value is -3.16. The van der Waals surface area contributed by atoms with Crippen molar-refractivity contribution in [1.82, 2.24) is 14.7 Å². The highest BCUT2D eigenvalue weighted by atomic mass is 16.5. The topological polar surface area (TPSA) is 93.5 Å². The second-order valence-corrected chi connectivity index (χ2v) is 7.39. The van der Waals surface area contributed by atoms with Gasteiger partial charge < -0.3 is 15.0 Å². The number of likely N-dealkylation sites (tertiary alicyclic amines) is 1. The number of nitrogens with zero attached hydrogens (tertiary/aromatic N) is 3. The van der Waals surface area contributed by atoms with Crippen LogP contribution in [0.1, 0.15) is 42.2 Å². The van der Waals surface area contributed by atoms with Crippen LogP contribution in [-0.4, -0.2) is 52.2 Å². The third kappa shape index (κ3) is 5.46. The number of aryl methyl sites for hydroxylation is 2. The molecule has 2 amide bonds. The summed E-state index contributed by atoms with van der Waals surface area (Å²) < 4.78 is 6.57. The molecule has 0 spiro atoms. The van der Waals surface area contributed by atoms with Gasteiger partial charge in [-0.15, -0.1) is 0 Å². The first kappa shape index (κ1) is 21.5. The normalized spacial score (nSPS) is 14.4. The summed E-state index contributed by atoms with van der Waals surface area (Å²) >= 11 is 0. The Bertz CT molecular complexity index is 886. The average Bonchev–Trinajstić information content (AvgIpc) is 3.13. The average molecular weight is 412 g/mol. The van der Waals surface area contributed by atoms with Crippen molar-refractivity contribution in [1.29, 1.82) is 0 Å². The van der Waals surface area contributed by atoms with Gasteiger partial charge in [-0.25, -0.2) is 0 Å². The molecule has 0 bridgehead atoms. The fourth-order valence-corrected chi connectivity index (χ4v) is 3.54. The third-order valence-electron chi connectivity index (χ3n) is 5.25. The SMILES string of the molecule is CCOC(=O)C1CCN(C(=O)c2cc(NC(=O)CCc3ccccc3)n(C)n2)CC1. The van der Waals surface area contributed by atoms with Crippen molar-refractivity contribution in [2.45, 2.75) is 32.6 Å². The minimum absolute atomic E-state index is 0.129. The van der Waals surface area contributed by atoms with Crippen LogP contribution in [0.25, 0.3) is 0 Å². The van der Waals surface area contributed by atoms with Gasteiger partial charge in [-0.2, -0.15) is 5.10 Å². The quantitative estimate of drug-likeness (QED) is 0.705. The van der Waals surface area contributed by atoms with Crippen LogP contribution in [0.3, 0.4) is 0 Å². The summed E-state index contributed by atoms with van der Waals surface area (Å²) in [5.74, 6) is -0.188. The molecule has 0 atom stereocenters. The molecule has 160 valence electrons. The van der Waals surface area contributed by atoms with E-state index in [1.165, 1.54) is 4.68 Å². The number of carbonyl (C=O) groups excluding carboxylic acids is 3. The zero-order valence-electron chi connectivity index (χ0n) is 17.5. The number of esters is 1. The van der Waals surface area contributed by atoms with Gasteiger partial charge in [-0.1, -0.05) is 30.3 Å². The Kier molecular flexibility index (Phi) is 7.21. The molecule has 0 unspecified atom stereocenters. The summed E-state index contributed by atoms with van der Waals surface area (Å²) in [6, 6.07) is 11.4. The van der Waals surface area contributed by atoms with Crippen LogP contribution in [-0.2, 0) is 27.8 Å². The van der Waals surface area contributed by atoms with Crippen molar-refractivity contribution >= 4 is 23.6 Å².